The summed E-state index contributed by atoms with van der Waals surface area (Å²) in [6.07, 6.45) is 0.947. The molecular formula is C13H18BrNO2. The van der Waals surface area contributed by atoms with E-state index >= 15 is 0 Å². The number of nitrogens with zero attached hydrogens (tertiary/aromatic N) is 1. The third-order valence-electron chi connectivity index (χ3n) is 3.06. The number of nitro benzene ring substituents is 1. The largest absolute Gasteiger partial charge is 0.269 e. The molecule has 3 nitrogen and oxygen atoms in total. The molecule has 0 amide bonds. The second-order valence-electron chi connectivity index (χ2n) is 4.71. The first-order chi connectivity index (χ1) is 7.91. The van der Waals surface area contributed by atoms with Crippen LogP contribution in [0.5, 0.6) is 0 Å². The third-order valence-corrected chi connectivity index (χ3v) is 3.74. The second kappa shape index (κ2) is 6.15. The minimum Gasteiger partial charge on any atom is -0.258 e. The molecule has 94 valence electrons. The van der Waals surface area contributed by atoms with Crippen molar-refractivity contribution in [2.45, 2.75) is 32.0 Å². The number of alkyl halides is 1. The zero-order valence-corrected chi connectivity index (χ0v) is 12.0. The van der Waals surface area contributed by atoms with Gasteiger partial charge in [-0.3, -0.25) is 10.1 Å². The molecule has 2 unspecified atom stereocenters. The number of benzene rings is 1. The van der Waals surface area contributed by atoms with Gasteiger partial charge in [0.15, 0.2) is 0 Å². The Balaban J connectivity index is 2.77. The van der Waals surface area contributed by atoms with Gasteiger partial charge in [0.2, 0.25) is 0 Å². The van der Waals surface area contributed by atoms with Gasteiger partial charge in [-0.15, -0.1) is 0 Å². The van der Waals surface area contributed by atoms with Crippen molar-refractivity contribution in [1.29, 1.82) is 0 Å². The predicted octanol–water partition coefficient (Wildman–Crippen LogP) is 4.19. The fourth-order valence-electron chi connectivity index (χ4n) is 1.95. The van der Waals surface area contributed by atoms with E-state index in [1.165, 1.54) is 0 Å². The number of halogens is 1. The molecule has 1 aromatic carbocycles. The number of hydrogen-bond acceptors (Lipinski definition) is 2. The first-order valence-electron chi connectivity index (χ1n) is 5.79. The highest BCUT2D eigenvalue weighted by molar-refractivity contribution is 9.09. The third kappa shape index (κ3) is 4.11. The zero-order valence-electron chi connectivity index (χ0n) is 10.4. The molecule has 0 bridgehead atoms. The molecule has 0 heterocycles. The van der Waals surface area contributed by atoms with Crippen LogP contribution < -0.4 is 0 Å². The Morgan fingerprint density at radius 3 is 2.12 bits per heavy atom. The number of nitro groups is 1. The smallest absolute Gasteiger partial charge is 0.258 e. The first-order valence-corrected chi connectivity index (χ1v) is 6.70. The zero-order chi connectivity index (χ0) is 13.0. The minimum atomic E-state index is -0.364. The van der Waals surface area contributed by atoms with Crippen LogP contribution in [-0.4, -0.2) is 9.75 Å². The quantitative estimate of drug-likeness (QED) is 0.465. The Morgan fingerprint density at radius 2 is 1.76 bits per heavy atom. The lowest BCUT2D eigenvalue weighted by Crippen LogP contribution is -2.20. The molecular weight excluding hydrogens is 282 g/mol. The van der Waals surface area contributed by atoms with Gasteiger partial charge >= 0.3 is 0 Å². The van der Waals surface area contributed by atoms with Crippen LogP contribution in [-0.2, 0) is 6.42 Å². The molecule has 0 fully saturated rings. The van der Waals surface area contributed by atoms with Crippen molar-refractivity contribution in [1.82, 2.24) is 0 Å². The Morgan fingerprint density at radius 1 is 1.24 bits per heavy atom. The molecule has 0 aliphatic rings. The second-order valence-corrected chi connectivity index (χ2v) is 6.16. The van der Waals surface area contributed by atoms with Gasteiger partial charge in [0.05, 0.1) is 4.92 Å². The average molecular weight is 300 g/mol. The number of rotatable bonds is 5. The minimum absolute atomic E-state index is 0.154. The van der Waals surface area contributed by atoms with Crippen LogP contribution >= 0.6 is 15.9 Å². The highest BCUT2D eigenvalue weighted by Crippen LogP contribution is 2.26. The predicted molar refractivity (Wildman–Crippen MR) is 73.5 cm³/mol. The van der Waals surface area contributed by atoms with E-state index in [1.54, 1.807) is 12.1 Å². The van der Waals surface area contributed by atoms with Crippen molar-refractivity contribution in [2.24, 2.45) is 11.8 Å². The molecule has 4 heteroatoms. The maximum Gasteiger partial charge on any atom is 0.269 e. The monoisotopic (exact) mass is 299 g/mol. The van der Waals surface area contributed by atoms with E-state index in [4.69, 9.17) is 0 Å². The summed E-state index contributed by atoms with van der Waals surface area (Å²) in [6, 6.07) is 6.85. The lowest BCUT2D eigenvalue weighted by Gasteiger charge is -2.23. The summed E-state index contributed by atoms with van der Waals surface area (Å²) < 4.78 is 0. The van der Waals surface area contributed by atoms with E-state index in [9.17, 15) is 10.1 Å². The summed E-state index contributed by atoms with van der Waals surface area (Å²) in [4.78, 5) is 10.6. The van der Waals surface area contributed by atoms with E-state index < -0.39 is 0 Å². The highest BCUT2D eigenvalue weighted by Gasteiger charge is 2.19. The lowest BCUT2D eigenvalue weighted by molar-refractivity contribution is -0.384. The maximum absolute atomic E-state index is 10.5. The van der Waals surface area contributed by atoms with E-state index in [0.717, 1.165) is 12.0 Å². The van der Waals surface area contributed by atoms with Crippen LogP contribution in [0.15, 0.2) is 24.3 Å². The molecule has 2 atom stereocenters. The fraction of sp³-hybridized carbons (Fsp3) is 0.538. The number of hydrogen-bond donors (Lipinski definition) is 0. The molecule has 0 saturated carbocycles. The molecule has 17 heavy (non-hydrogen) atoms. The molecule has 0 saturated heterocycles. The summed E-state index contributed by atoms with van der Waals surface area (Å²) in [5.41, 5.74) is 1.31. The van der Waals surface area contributed by atoms with Gasteiger partial charge < -0.3 is 0 Å². The van der Waals surface area contributed by atoms with Gasteiger partial charge in [-0.05, 0) is 23.8 Å². The summed E-state index contributed by atoms with van der Waals surface area (Å²) in [5, 5.41) is 10.5. The van der Waals surface area contributed by atoms with E-state index in [-0.39, 0.29) is 10.6 Å². The molecule has 0 aromatic heterocycles. The summed E-state index contributed by atoms with van der Waals surface area (Å²) in [7, 11) is 0. The highest BCUT2D eigenvalue weighted by atomic mass is 79.9. The van der Waals surface area contributed by atoms with Crippen molar-refractivity contribution in [2.75, 3.05) is 0 Å². The molecule has 0 aliphatic heterocycles. The van der Waals surface area contributed by atoms with Gasteiger partial charge in [-0.2, -0.15) is 0 Å². The maximum atomic E-state index is 10.5. The molecule has 1 rings (SSSR count). The van der Waals surface area contributed by atoms with Crippen LogP contribution in [0.3, 0.4) is 0 Å². The van der Waals surface area contributed by atoms with Crippen LogP contribution in [0.2, 0.25) is 0 Å². The van der Waals surface area contributed by atoms with Crippen molar-refractivity contribution in [3.8, 4) is 0 Å². The van der Waals surface area contributed by atoms with E-state index in [1.807, 2.05) is 12.1 Å². The van der Waals surface area contributed by atoms with Crippen molar-refractivity contribution in [3.63, 3.8) is 0 Å². The summed E-state index contributed by atoms with van der Waals surface area (Å²) in [6.45, 7) is 6.55. The van der Waals surface area contributed by atoms with Gasteiger partial charge in [0.1, 0.15) is 0 Å². The summed E-state index contributed by atoms with van der Waals surface area (Å²) >= 11 is 3.63. The van der Waals surface area contributed by atoms with Crippen molar-refractivity contribution >= 4 is 21.6 Å². The molecule has 1 aromatic rings. The molecule has 0 aliphatic carbocycles. The van der Waals surface area contributed by atoms with Crippen LogP contribution in [0, 0.1) is 22.0 Å². The average Bonchev–Trinajstić information content (AvgIpc) is 2.25. The van der Waals surface area contributed by atoms with Crippen molar-refractivity contribution in [3.05, 3.63) is 39.9 Å². The Bertz CT molecular complexity index is 366. The lowest BCUT2D eigenvalue weighted by atomic mass is 9.87. The Hall–Kier alpha value is -0.900. The molecule has 0 spiro atoms. The fourth-order valence-corrected chi connectivity index (χ4v) is 2.75. The van der Waals surface area contributed by atoms with Crippen LogP contribution in [0.25, 0.3) is 0 Å². The first kappa shape index (κ1) is 14.2. The molecule has 0 radical (unpaired) electrons. The van der Waals surface area contributed by atoms with Crippen molar-refractivity contribution < 1.29 is 4.92 Å². The summed E-state index contributed by atoms with van der Waals surface area (Å²) in [5.74, 6) is 1.12. The van der Waals surface area contributed by atoms with Gasteiger partial charge in [0.25, 0.3) is 5.69 Å². The van der Waals surface area contributed by atoms with Crippen LogP contribution in [0.4, 0.5) is 5.69 Å². The molecule has 0 N–H and O–H groups in total. The standard InChI is InChI=1S/C13H18BrNO2/c1-9(2)13(10(3)14)8-11-4-6-12(7-5-11)15(16)17/h4-7,9-10,13H,8H2,1-3H3. The topological polar surface area (TPSA) is 43.1 Å². The van der Waals surface area contributed by atoms with Crippen LogP contribution in [0.1, 0.15) is 26.3 Å². The SMILES string of the molecule is CC(C)C(Cc1ccc([N+](=O)[O-])cc1)C(C)Br. The normalized spacial score (nSPS) is 14.6. The van der Waals surface area contributed by atoms with Gasteiger partial charge in [-0.1, -0.05) is 48.8 Å². The van der Waals surface area contributed by atoms with Gasteiger partial charge in [-0.25, -0.2) is 0 Å². The number of non-ortho nitro benzene ring substituents is 1. The Labute approximate surface area is 111 Å². The van der Waals surface area contributed by atoms with E-state index in [0.29, 0.717) is 16.7 Å². The Kier molecular flexibility index (Phi) is 5.12. The van der Waals surface area contributed by atoms with Gasteiger partial charge in [0, 0.05) is 17.0 Å². The van der Waals surface area contributed by atoms with E-state index in [2.05, 4.69) is 36.7 Å².